The minimum absolute atomic E-state index is 0.287. The van der Waals surface area contributed by atoms with Crippen LogP contribution in [0.2, 0.25) is 0 Å². The Morgan fingerprint density at radius 1 is 0.968 bits per heavy atom. The minimum Gasteiger partial charge on any atom is -0.480 e. The molecule has 1 aromatic rings. The molecule has 1 atom stereocenters. The Kier molecular flexibility index (Phi) is 23.5. The van der Waals surface area contributed by atoms with Crippen molar-refractivity contribution in [1.82, 2.24) is 9.97 Å². The van der Waals surface area contributed by atoms with Crippen molar-refractivity contribution in [3.8, 4) is 0 Å². The number of nitrogens with two attached hydrogens (primary N) is 3. The maximum atomic E-state index is 10.3. The summed E-state index contributed by atoms with van der Waals surface area (Å²) in [6, 6.07) is -0.851. The molecule has 9 heteroatoms. The maximum absolute atomic E-state index is 10.3. The fraction of sp³-hybridized carbons (Fsp3) is 0.727. The van der Waals surface area contributed by atoms with Gasteiger partial charge in [-0.2, -0.15) is 0 Å². The number of H-pyrrole nitrogens is 1. The minimum atomic E-state index is -1.00. The zero-order valence-corrected chi connectivity index (χ0v) is 20.9. The smallest absolute Gasteiger partial charge is 0.320 e. The molecule has 0 aliphatic heterocycles. The molecule has 0 aliphatic carbocycles. The van der Waals surface area contributed by atoms with Gasteiger partial charge in [0.15, 0.2) is 0 Å². The molecule has 1 heterocycles. The number of carboxylic acids is 1. The first-order valence-electron chi connectivity index (χ1n) is 11.3. The fourth-order valence-corrected chi connectivity index (χ4v) is 2.81. The maximum Gasteiger partial charge on any atom is 0.320 e. The lowest BCUT2D eigenvalue weighted by atomic mass is 10.1. The molecule has 0 spiro atoms. The number of aromatic amines is 1. The monoisotopic (exact) mass is 473 g/mol. The zero-order chi connectivity index (χ0) is 23.9. The lowest BCUT2D eigenvalue weighted by Crippen LogP contribution is -2.32. The molecule has 0 aliphatic rings. The SMILES string of the molecule is CCCCCCCC(N)=S.CCCCCCCC(N)=S.NC(Cc1cnc[nH]1)C(=O)O. The molecule has 0 bridgehead atoms. The number of carbonyl (C=O) groups is 1. The van der Waals surface area contributed by atoms with Gasteiger partial charge < -0.3 is 27.3 Å². The second kappa shape index (κ2) is 23.1. The van der Waals surface area contributed by atoms with E-state index in [-0.39, 0.29) is 6.42 Å². The number of hydrogen-bond donors (Lipinski definition) is 5. The van der Waals surface area contributed by atoms with Crippen molar-refractivity contribution < 1.29 is 9.90 Å². The van der Waals surface area contributed by atoms with Crippen molar-refractivity contribution in [2.24, 2.45) is 17.2 Å². The number of thiocarbonyl (C=S) groups is 2. The van der Waals surface area contributed by atoms with Gasteiger partial charge in [0.2, 0.25) is 0 Å². The molecule has 0 fully saturated rings. The Morgan fingerprint density at radius 3 is 1.74 bits per heavy atom. The largest absolute Gasteiger partial charge is 0.480 e. The third-order valence-electron chi connectivity index (χ3n) is 4.37. The second-order valence-electron chi connectivity index (χ2n) is 7.49. The number of hydrogen-bond acceptors (Lipinski definition) is 5. The topological polar surface area (TPSA) is 144 Å². The Labute approximate surface area is 198 Å². The standard InChI is InChI=1S/2C8H17NS.C6H9N3O2/c2*1-2-3-4-5-6-7-8(9)10;7-5(6(10)11)1-4-2-8-3-9-4/h2*2-7H2,1H3,(H2,9,10);2-3,5H,1,7H2,(H,8,9)(H,10,11). The van der Waals surface area contributed by atoms with Gasteiger partial charge in [0.25, 0.3) is 0 Å². The van der Waals surface area contributed by atoms with Crippen LogP contribution in [0.15, 0.2) is 12.5 Å². The van der Waals surface area contributed by atoms with Crippen molar-refractivity contribution in [3.05, 3.63) is 18.2 Å². The Balaban J connectivity index is 0. The molecular formula is C22H43N5O2S2. The highest BCUT2D eigenvalue weighted by atomic mass is 32.1. The first-order valence-corrected chi connectivity index (χ1v) is 12.1. The van der Waals surface area contributed by atoms with Crippen molar-refractivity contribution in [3.63, 3.8) is 0 Å². The summed E-state index contributed by atoms with van der Waals surface area (Å²) < 4.78 is 0. The van der Waals surface area contributed by atoms with Gasteiger partial charge >= 0.3 is 5.97 Å². The van der Waals surface area contributed by atoms with Gasteiger partial charge in [0.05, 0.1) is 16.3 Å². The molecular weight excluding hydrogens is 430 g/mol. The Morgan fingerprint density at radius 2 is 1.42 bits per heavy atom. The van der Waals surface area contributed by atoms with Crippen molar-refractivity contribution >= 4 is 40.4 Å². The molecule has 0 saturated carbocycles. The van der Waals surface area contributed by atoms with E-state index in [1.807, 2.05) is 0 Å². The highest BCUT2D eigenvalue weighted by Crippen LogP contribution is 2.05. The van der Waals surface area contributed by atoms with E-state index < -0.39 is 12.0 Å². The van der Waals surface area contributed by atoms with E-state index in [2.05, 4.69) is 23.8 Å². The number of nitrogens with one attached hydrogen (secondary N) is 1. The van der Waals surface area contributed by atoms with Gasteiger partial charge in [-0.1, -0.05) is 89.6 Å². The zero-order valence-electron chi connectivity index (χ0n) is 19.3. The molecule has 1 rings (SSSR count). The predicted molar refractivity (Wildman–Crippen MR) is 138 cm³/mol. The molecule has 31 heavy (non-hydrogen) atoms. The van der Waals surface area contributed by atoms with E-state index >= 15 is 0 Å². The van der Waals surface area contributed by atoms with E-state index in [1.165, 1.54) is 70.5 Å². The van der Waals surface area contributed by atoms with E-state index in [1.54, 1.807) is 6.20 Å². The highest BCUT2D eigenvalue weighted by Gasteiger charge is 2.12. The van der Waals surface area contributed by atoms with Crippen molar-refractivity contribution in [2.45, 2.75) is 103 Å². The lowest BCUT2D eigenvalue weighted by Gasteiger charge is -2.02. The van der Waals surface area contributed by atoms with Crippen LogP contribution in [0.3, 0.4) is 0 Å². The van der Waals surface area contributed by atoms with Crippen LogP contribution >= 0.6 is 24.4 Å². The van der Waals surface area contributed by atoms with E-state index in [0.29, 0.717) is 9.98 Å². The van der Waals surface area contributed by atoms with Gasteiger partial charge in [0.1, 0.15) is 6.04 Å². The molecule has 0 saturated heterocycles. The fourth-order valence-electron chi connectivity index (χ4n) is 2.53. The summed E-state index contributed by atoms with van der Waals surface area (Å²) in [4.78, 5) is 18.1. The normalized spacial score (nSPS) is 10.8. The van der Waals surface area contributed by atoms with Gasteiger partial charge in [-0.05, 0) is 25.7 Å². The molecule has 0 amide bonds. The van der Waals surface area contributed by atoms with Gasteiger partial charge in [-0.25, -0.2) is 4.98 Å². The van der Waals surface area contributed by atoms with Crippen LogP contribution in [0.5, 0.6) is 0 Å². The number of carboxylic acid groups (broad SMARTS) is 1. The summed E-state index contributed by atoms with van der Waals surface area (Å²) in [6.45, 7) is 4.43. The molecule has 1 unspecified atom stereocenters. The molecule has 0 radical (unpaired) electrons. The van der Waals surface area contributed by atoms with Crippen LogP contribution in [-0.4, -0.2) is 37.1 Å². The number of imidazole rings is 1. The Bertz CT molecular complexity index is 544. The number of unbranched alkanes of at least 4 members (excludes halogenated alkanes) is 8. The summed E-state index contributed by atoms with van der Waals surface area (Å²) in [5.74, 6) is -1.00. The predicted octanol–water partition coefficient (Wildman–Crippen LogP) is 4.63. The molecule has 180 valence electrons. The first-order chi connectivity index (χ1) is 14.7. The first kappa shape index (κ1) is 31.6. The van der Waals surface area contributed by atoms with Crippen LogP contribution in [-0.2, 0) is 11.2 Å². The van der Waals surface area contributed by atoms with Crippen LogP contribution in [0.1, 0.15) is 96.6 Å². The van der Waals surface area contributed by atoms with Gasteiger partial charge in [-0.15, -0.1) is 0 Å². The summed E-state index contributed by atoms with van der Waals surface area (Å²) in [5, 5.41) is 8.42. The number of aromatic nitrogens is 2. The van der Waals surface area contributed by atoms with E-state index in [0.717, 1.165) is 18.5 Å². The number of rotatable bonds is 15. The number of nitrogens with zero attached hydrogens (tertiary/aromatic N) is 1. The third kappa shape index (κ3) is 26.4. The lowest BCUT2D eigenvalue weighted by molar-refractivity contribution is -0.138. The molecule has 7 nitrogen and oxygen atoms in total. The third-order valence-corrected chi connectivity index (χ3v) is 4.77. The van der Waals surface area contributed by atoms with Crippen LogP contribution in [0, 0.1) is 0 Å². The van der Waals surface area contributed by atoms with E-state index in [4.69, 9.17) is 46.7 Å². The molecule has 8 N–H and O–H groups in total. The van der Waals surface area contributed by atoms with Crippen LogP contribution in [0.4, 0.5) is 0 Å². The quantitative estimate of drug-likeness (QED) is 0.183. The van der Waals surface area contributed by atoms with Crippen molar-refractivity contribution in [2.75, 3.05) is 0 Å². The molecule has 0 aromatic carbocycles. The van der Waals surface area contributed by atoms with Gasteiger partial charge in [-0.3, -0.25) is 4.79 Å². The second-order valence-corrected chi connectivity index (χ2v) is 8.54. The van der Waals surface area contributed by atoms with Crippen molar-refractivity contribution in [1.29, 1.82) is 0 Å². The average Bonchev–Trinajstić information content (AvgIpc) is 3.21. The van der Waals surface area contributed by atoms with Crippen LogP contribution < -0.4 is 17.2 Å². The van der Waals surface area contributed by atoms with E-state index in [9.17, 15) is 4.79 Å². The van der Waals surface area contributed by atoms with Crippen LogP contribution in [0.25, 0.3) is 0 Å². The molecule has 1 aromatic heterocycles. The highest BCUT2D eigenvalue weighted by molar-refractivity contribution is 7.80. The summed E-state index contributed by atoms with van der Waals surface area (Å²) in [5.41, 5.74) is 16.7. The Hall–Kier alpha value is -1.58. The van der Waals surface area contributed by atoms with Gasteiger partial charge in [0, 0.05) is 18.3 Å². The average molecular weight is 474 g/mol. The number of aliphatic carboxylic acids is 1. The summed E-state index contributed by atoms with van der Waals surface area (Å²) in [7, 11) is 0. The summed E-state index contributed by atoms with van der Waals surface area (Å²) in [6.07, 6.45) is 18.1. The summed E-state index contributed by atoms with van der Waals surface area (Å²) >= 11 is 9.50.